The molecule has 1 aromatic rings. The topological polar surface area (TPSA) is 72.2 Å². The standard InChI is InChI=1S/C10H18N2O3S/c1-3-9(13)5-4-6-12-8-10(7-11-12)16(2,14)15/h7-9,13H,3-6H2,1-2H3. The highest BCUT2D eigenvalue weighted by atomic mass is 32.2. The molecule has 0 saturated carbocycles. The van der Waals surface area contributed by atoms with Crippen LogP contribution in [0.2, 0.25) is 0 Å². The highest BCUT2D eigenvalue weighted by Crippen LogP contribution is 2.08. The fourth-order valence-corrected chi connectivity index (χ4v) is 1.90. The Hall–Kier alpha value is -0.880. The largest absolute Gasteiger partial charge is 0.393 e. The van der Waals surface area contributed by atoms with E-state index in [2.05, 4.69) is 5.10 Å². The van der Waals surface area contributed by atoms with Gasteiger partial charge in [0, 0.05) is 19.0 Å². The molecule has 6 heteroatoms. The first kappa shape index (κ1) is 13.2. The van der Waals surface area contributed by atoms with E-state index in [0.717, 1.165) is 19.1 Å². The molecule has 16 heavy (non-hydrogen) atoms. The summed E-state index contributed by atoms with van der Waals surface area (Å²) in [5.41, 5.74) is 0. The molecule has 92 valence electrons. The van der Waals surface area contributed by atoms with Crippen molar-refractivity contribution in [3.05, 3.63) is 12.4 Å². The molecule has 0 amide bonds. The van der Waals surface area contributed by atoms with E-state index in [1.54, 1.807) is 4.68 Å². The molecule has 0 bridgehead atoms. The molecule has 1 N–H and O–H groups in total. The number of aliphatic hydroxyl groups is 1. The fraction of sp³-hybridized carbons (Fsp3) is 0.700. The van der Waals surface area contributed by atoms with Crippen LogP contribution in [0.15, 0.2) is 17.3 Å². The molecule has 1 atom stereocenters. The lowest BCUT2D eigenvalue weighted by Gasteiger charge is -2.06. The van der Waals surface area contributed by atoms with Gasteiger partial charge in [0.05, 0.1) is 12.3 Å². The van der Waals surface area contributed by atoms with E-state index >= 15 is 0 Å². The van der Waals surface area contributed by atoms with Crippen molar-refractivity contribution in [3.63, 3.8) is 0 Å². The van der Waals surface area contributed by atoms with Crippen LogP contribution in [0.25, 0.3) is 0 Å². The van der Waals surface area contributed by atoms with Gasteiger partial charge >= 0.3 is 0 Å². The van der Waals surface area contributed by atoms with Gasteiger partial charge in [-0.3, -0.25) is 4.68 Å². The zero-order chi connectivity index (χ0) is 12.2. The lowest BCUT2D eigenvalue weighted by atomic mass is 10.1. The second kappa shape index (κ2) is 5.45. The molecule has 1 rings (SSSR count). The van der Waals surface area contributed by atoms with Crippen LogP contribution in [0.3, 0.4) is 0 Å². The van der Waals surface area contributed by atoms with E-state index < -0.39 is 9.84 Å². The van der Waals surface area contributed by atoms with Crippen molar-refractivity contribution in [2.75, 3.05) is 6.26 Å². The fourth-order valence-electron chi connectivity index (χ4n) is 1.35. The first-order valence-corrected chi connectivity index (χ1v) is 7.23. The number of rotatable bonds is 6. The monoisotopic (exact) mass is 246 g/mol. The van der Waals surface area contributed by atoms with Crippen LogP contribution >= 0.6 is 0 Å². The number of nitrogens with zero attached hydrogens (tertiary/aromatic N) is 2. The SMILES string of the molecule is CCC(O)CCCn1cc(S(C)(=O)=O)cn1. The Balaban J connectivity index is 2.47. The summed E-state index contributed by atoms with van der Waals surface area (Å²) in [5, 5.41) is 13.3. The Kier molecular flexibility index (Phi) is 4.49. The van der Waals surface area contributed by atoms with Gasteiger partial charge in [0.25, 0.3) is 0 Å². The molecule has 0 aromatic carbocycles. The Labute approximate surface area is 96.0 Å². The predicted octanol–water partition coefficient (Wildman–Crippen LogP) is 0.838. The van der Waals surface area contributed by atoms with E-state index in [1.165, 1.54) is 12.4 Å². The third-order valence-electron chi connectivity index (χ3n) is 2.43. The average Bonchev–Trinajstić information content (AvgIpc) is 2.65. The van der Waals surface area contributed by atoms with Crippen molar-refractivity contribution in [2.45, 2.75) is 43.7 Å². The molecular formula is C10H18N2O3S. The lowest BCUT2D eigenvalue weighted by Crippen LogP contribution is -2.07. The minimum Gasteiger partial charge on any atom is -0.393 e. The maximum absolute atomic E-state index is 11.2. The minimum absolute atomic E-state index is 0.239. The maximum Gasteiger partial charge on any atom is 0.178 e. The van der Waals surface area contributed by atoms with Gasteiger partial charge in [-0.25, -0.2) is 8.42 Å². The minimum atomic E-state index is -3.16. The molecule has 0 aliphatic rings. The van der Waals surface area contributed by atoms with Crippen molar-refractivity contribution >= 4 is 9.84 Å². The summed E-state index contributed by atoms with van der Waals surface area (Å²) in [4.78, 5) is 0.239. The number of sulfone groups is 1. The molecular weight excluding hydrogens is 228 g/mol. The van der Waals surface area contributed by atoms with Gasteiger partial charge < -0.3 is 5.11 Å². The molecule has 0 saturated heterocycles. The average molecular weight is 246 g/mol. The second-order valence-corrected chi connectivity index (χ2v) is 5.93. The first-order valence-electron chi connectivity index (χ1n) is 5.34. The van der Waals surface area contributed by atoms with Gasteiger partial charge in [-0.2, -0.15) is 5.10 Å². The van der Waals surface area contributed by atoms with Gasteiger partial charge in [-0.05, 0) is 19.3 Å². The Morgan fingerprint density at radius 3 is 2.75 bits per heavy atom. The summed E-state index contributed by atoms with van der Waals surface area (Å²) in [5.74, 6) is 0. The van der Waals surface area contributed by atoms with Gasteiger partial charge in [0.1, 0.15) is 4.90 Å². The van der Waals surface area contributed by atoms with Crippen molar-refractivity contribution in [1.29, 1.82) is 0 Å². The highest BCUT2D eigenvalue weighted by Gasteiger charge is 2.09. The molecule has 1 aromatic heterocycles. The molecule has 0 aliphatic carbocycles. The number of hydrogen-bond acceptors (Lipinski definition) is 4. The van der Waals surface area contributed by atoms with Gasteiger partial charge in [0.15, 0.2) is 9.84 Å². The third-order valence-corrected chi connectivity index (χ3v) is 3.50. The zero-order valence-corrected chi connectivity index (χ0v) is 10.4. The van der Waals surface area contributed by atoms with Crippen molar-refractivity contribution < 1.29 is 13.5 Å². The maximum atomic E-state index is 11.2. The van der Waals surface area contributed by atoms with Crippen molar-refractivity contribution in [1.82, 2.24) is 9.78 Å². The smallest absolute Gasteiger partial charge is 0.178 e. The summed E-state index contributed by atoms with van der Waals surface area (Å²) in [6.45, 7) is 2.56. The van der Waals surface area contributed by atoms with Crippen LogP contribution in [0.5, 0.6) is 0 Å². The number of aromatic nitrogens is 2. The van der Waals surface area contributed by atoms with Crippen LogP contribution in [-0.4, -0.2) is 35.7 Å². The first-order chi connectivity index (χ1) is 7.43. The lowest BCUT2D eigenvalue weighted by molar-refractivity contribution is 0.155. The number of aryl methyl sites for hydroxylation is 1. The number of aliphatic hydroxyl groups excluding tert-OH is 1. The zero-order valence-electron chi connectivity index (χ0n) is 9.63. The summed E-state index contributed by atoms with van der Waals surface area (Å²) < 4.78 is 24.0. The van der Waals surface area contributed by atoms with E-state index in [-0.39, 0.29) is 11.0 Å². The molecule has 0 fully saturated rings. The normalized spacial score (nSPS) is 13.9. The highest BCUT2D eigenvalue weighted by molar-refractivity contribution is 7.90. The van der Waals surface area contributed by atoms with Crippen LogP contribution in [-0.2, 0) is 16.4 Å². The Morgan fingerprint density at radius 2 is 2.25 bits per heavy atom. The predicted molar refractivity (Wildman–Crippen MR) is 60.9 cm³/mol. The van der Waals surface area contributed by atoms with E-state index in [4.69, 9.17) is 0 Å². The summed E-state index contributed by atoms with van der Waals surface area (Å²) >= 11 is 0. The third kappa shape index (κ3) is 3.94. The summed E-state index contributed by atoms with van der Waals surface area (Å²) in [6.07, 6.45) is 6.01. The van der Waals surface area contributed by atoms with Crippen LogP contribution in [0.1, 0.15) is 26.2 Å². The van der Waals surface area contributed by atoms with Crippen LogP contribution < -0.4 is 0 Å². The van der Waals surface area contributed by atoms with Gasteiger partial charge in [-0.15, -0.1) is 0 Å². The molecule has 1 heterocycles. The summed E-state index contributed by atoms with van der Waals surface area (Å²) in [6, 6.07) is 0. The van der Waals surface area contributed by atoms with Crippen LogP contribution in [0, 0.1) is 0 Å². The van der Waals surface area contributed by atoms with E-state index in [1.807, 2.05) is 6.92 Å². The van der Waals surface area contributed by atoms with E-state index in [0.29, 0.717) is 13.0 Å². The van der Waals surface area contributed by atoms with Crippen LogP contribution in [0.4, 0.5) is 0 Å². The van der Waals surface area contributed by atoms with Gasteiger partial charge in [0.2, 0.25) is 0 Å². The van der Waals surface area contributed by atoms with Crippen molar-refractivity contribution in [3.8, 4) is 0 Å². The Bertz CT molecular complexity index is 425. The quantitative estimate of drug-likeness (QED) is 0.807. The number of hydrogen-bond donors (Lipinski definition) is 1. The molecule has 0 radical (unpaired) electrons. The molecule has 1 unspecified atom stereocenters. The molecule has 0 spiro atoms. The van der Waals surface area contributed by atoms with Crippen molar-refractivity contribution in [2.24, 2.45) is 0 Å². The molecule has 0 aliphatic heterocycles. The van der Waals surface area contributed by atoms with E-state index in [9.17, 15) is 13.5 Å². The Morgan fingerprint density at radius 1 is 1.56 bits per heavy atom. The summed E-state index contributed by atoms with van der Waals surface area (Å²) in [7, 11) is -3.16. The van der Waals surface area contributed by atoms with Gasteiger partial charge in [-0.1, -0.05) is 6.92 Å². The second-order valence-electron chi connectivity index (χ2n) is 3.92. The molecule has 5 nitrogen and oxygen atoms in total.